The summed E-state index contributed by atoms with van der Waals surface area (Å²) in [5.74, 6) is 1.69. The molecular weight excluding hydrogens is 408 g/mol. The largest absolute Gasteiger partial charge is 0.393 e. The van der Waals surface area contributed by atoms with E-state index in [2.05, 4.69) is 61.5 Å². The summed E-state index contributed by atoms with van der Waals surface area (Å²) in [5.41, 5.74) is 1.02. The van der Waals surface area contributed by atoms with Gasteiger partial charge in [0.1, 0.15) is 5.78 Å². The molecule has 10 atom stereocenters. The summed E-state index contributed by atoms with van der Waals surface area (Å²) in [4.78, 5) is 14.1. The Balaban J connectivity index is 1.69. The molecule has 0 saturated heterocycles. The highest BCUT2D eigenvalue weighted by molar-refractivity contribution is 5.85. The molecule has 4 saturated carbocycles. The second-order valence-electron chi connectivity index (χ2n) is 14.0. The molecule has 0 aromatic carbocycles. The van der Waals surface area contributed by atoms with Gasteiger partial charge in [0.15, 0.2) is 0 Å². The Kier molecular flexibility index (Phi) is 6.31. The van der Waals surface area contributed by atoms with Gasteiger partial charge in [-0.1, -0.05) is 53.2 Å². The van der Waals surface area contributed by atoms with Gasteiger partial charge >= 0.3 is 0 Å². The smallest absolute Gasteiger partial charge is 0.137 e. The number of rotatable bonds is 4. The van der Waals surface area contributed by atoms with E-state index in [1.807, 2.05) is 0 Å². The van der Waals surface area contributed by atoms with Crippen LogP contribution in [0.25, 0.3) is 0 Å². The van der Waals surface area contributed by atoms with Crippen LogP contribution in [0.15, 0.2) is 11.6 Å². The van der Waals surface area contributed by atoms with Crippen LogP contribution >= 0.6 is 0 Å². The van der Waals surface area contributed by atoms with Gasteiger partial charge in [0, 0.05) is 18.3 Å². The lowest BCUT2D eigenvalue weighted by atomic mass is 9.37. The van der Waals surface area contributed by atoms with Crippen molar-refractivity contribution in [3.8, 4) is 0 Å². The lowest BCUT2D eigenvalue weighted by molar-refractivity contribution is -0.227. The van der Waals surface area contributed by atoms with Gasteiger partial charge in [-0.25, -0.2) is 0 Å². The molecule has 0 spiro atoms. The summed E-state index contributed by atoms with van der Waals surface area (Å²) < 4.78 is 0. The van der Waals surface area contributed by atoms with E-state index in [9.17, 15) is 15.0 Å². The maximum atomic E-state index is 14.1. The molecule has 3 heteroatoms. The van der Waals surface area contributed by atoms with Crippen LogP contribution < -0.4 is 0 Å². The molecule has 4 aliphatic carbocycles. The molecule has 33 heavy (non-hydrogen) atoms. The van der Waals surface area contributed by atoms with Crippen molar-refractivity contribution in [2.45, 2.75) is 119 Å². The quantitative estimate of drug-likeness (QED) is 0.469. The van der Waals surface area contributed by atoms with Gasteiger partial charge in [-0.3, -0.25) is 4.79 Å². The van der Waals surface area contributed by atoms with Crippen LogP contribution in [-0.2, 0) is 4.79 Å². The number of aliphatic hydroxyl groups excluding tert-OH is 2. The average molecular weight is 459 g/mol. The third-order valence-corrected chi connectivity index (χ3v) is 12.4. The number of hydrogen-bond donors (Lipinski definition) is 2. The minimum atomic E-state index is -0.453. The number of Topliss-reactive ketones (excluding diaryl/α,β-unsaturated/α-hetero) is 1. The number of allylic oxidation sites excluding steroid dienone is 2. The Morgan fingerprint density at radius 1 is 1.09 bits per heavy atom. The molecule has 0 aromatic rings. The summed E-state index contributed by atoms with van der Waals surface area (Å²) >= 11 is 0. The van der Waals surface area contributed by atoms with Crippen molar-refractivity contribution in [1.82, 2.24) is 0 Å². The second-order valence-corrected chi connectivity index (χ2v) is 14.0. The van der Waals surface area contributed by atoms with Gasteiger partial charge in [0.2, 0.25) is 0 Å². The van der Waals surface area contributed by atoms with Gasteiger partial charge in [0.25, 0.3) is 0 Å². The number of aliphatic hydroxyl groups is 2. The molecule has 3 nitrogen and oxygen atoms in total. The lowest BCUT2D eigenvalue weighted by Gasteiger charge is -2.67. The fraction of sp³-hybridized carbons (Fsp3) is 0.900. The summed E-state index contributed by atoms with van der Waals surface area (Å²) in [6, 6.07) is 0. The molecular formula is C30H50O3. The van der Waals surface area contributed by atoms with Gasteiger partial charge in [-0.15, -0.1) is 0 Å². The van der Waals surface area contributed by atoms with Crippen LogP contribution in [0.1, 0.15) is 107 Å². The average Bonchev–Trinajstić information content (AvgIpc) is 3.01. The Labute approximate surface area is 202 Å². The van der Waals surface area contributed by atoms with Crippen LogP contribution in [0, 0.1) is 51.2 Å². The second kappa shape index (κ2) is 8.19. The Hall–Kier alpha value is -0.670. The Bertz CT molecular complexity index is 813. The zero-order chi connectivity index (χ0) is 24.6. The van der Waals surface area contributed by atoms with Gasteiger partial charge in [0.05, 0.1) is 12.2 Å². The zero-order valence-corrected chi connectivity index (χ0v) is 22.6. The van der Waals surface area contributed by atoms with E-state index >= 15 is 0 Å². The van der Waals surface area contributed by atoms with Crippen LogP contribution in [0.5, 0.6) is 0 Å². The highest BCUT2D eigenvalue weighted by Crippen LogP contribution is 2.73. The predicted molar refractivity (Wildman–Crippen MR) is 135 cm³/mol. The minimum absolute atomic E-state index is 0.00620. The summed E-state index contributed by atoms with van der Waals surface area (Å²) in [6.07, 6.45) is 9.10. The molecule has 0 bridgehead atoms. The number of fused-ring (bicyclic) bond motifs is 5. The van der Waals surface area contributed by atoms with Gasteiger partial charge in [-0.2, -0.15) is 0 Å². The summed E-state index contributed by atoms with van der Waals surface area (Å²) in [6.45, 7) is 18.2. The van der Waals surface area contributed by atoms with E-state index in [1.54, 1.807) is 0 Å². The van der Waals surface area contributed by atoms with Crippen LogP contribution in [-0.4, -0.2) is 28.2 Å². The van der Waals surface area contributed by atoms with Crippen molar-refractivity contribution in [3.05, 3.63) is 11.6 Å². The van der Waals surface area contributed by atoms with Crippen molar-refractivity contribution in [2.75, 3.05) is 0 Å². The lowest BCUT2D eigenvalue weighted by Crippen LogP contribution is -2.67. The normalized spacial score (nSPS) is 50.4. The monoisotopic (exact) mass is 458 g/mol. The topological polar surface area (TPSA) is 57.5 Å². The molecule has 188 valence electrons. The molecule has 0 radical (unpaired) electrons. The van der Waals surface area contributed by atoms with E-state index in [0.29, 0.717) is 24.0 Å². The maximum Gasteiger partial charge on any atom is 0.137 e. The third kappa shape index (κ3) is 3.45. The first-order valence-electron chi connectivity index (χ1n) is 13.7. The van der Waals surface area contributed by atoms with Crippen molar-refractivity contribution in [1.29, 1.82) is 0 Å². The fourth-order valence-electron chi connectivity index (χ4n) is 9.95. The number of ketones is 1. The molecule has 4 rings (SSSR count). The molecule has 2 N–H and O–H groups in total. The van der Waals surface area contributed by atoms with Crippen LogP contribution in [0.4, 0.5) is 0 Å². The van der Waals surface area contributed by atoms with E-state index in [1.165, 1.54) is 18.4 Å². The first kappa shape index (κ1) is 25.4. The standard InChI is InChI=1S/C30H50O3/c1-9-18(2)10-11-19(3)20-12-15-29(7)26-21(31)16-23-27(4,5)24(33)13-14-28(23,6)25(26)22(32)17-30(20,29)8/h9,19-21,23-26,31,33H,10-17H2,1-8H3/b18-9-/t19-,20+,21-,23-,24+,25-,26+,28+,29+,30+/m1/s1. The van der Waals surface area contributed by atoms with Gasteiger partial charge < -0.3 is 10.2 Å². The summed E-state index contributed by atoms with van der Waals surface area (Å²) in [7, 11) is 0. The summed E-state index contributed by atoms with van der Waals surface area (Å²) in [5, 5.41) is 22.5. The minimum Gasteiger partial charge on any atom is -0.393 e. The maximum absolute atomic E-state index is 14.1. The van der Waals surface area contributed by atoms with Crippen LogP contribution in [0.2, 0.25) is 0 Å². The first-order valence-corrected chi connectivity index (χ1v) is 13.7. The van der Waals surface area contributed by atoms with Crippen molar-refractivity contribution >= 4 is 5.78 Å². The Morgan fingerprint density at radius 2 is 1.76 bits per heavy atom. The molecule has 0 unspecified atom stereocenters. The van der Waals surface area contributed by atoms with Gasteiger partial charge in [-0.05, 0) is 98.2 Å². The molecule has 0 aliphatic heterocycles. The Morgan fingerprint density at radius 3 is 2.39 bits per heavy atom. The predicted octanol–water partition coefficient (Wildman–Crippen LogP) is 6.56. The highest BCUT2D eigenvalue weighted by atomic mass is 16.3. The fourth-order valence-corrected chi connectivity index (χ4v) is 9.95. The number of carbonyl (C=O) groups is 1. The highest BCUT2D eigenvalue weighted by Gasteiger charge is 2.71. The number of carbonyl (C=O) groups excluding carboxylic acids is 1. The molecule has 0 heterocycles. The van der Waals surface area contributed by atoms with Crippen LogP contribution in [0.3, 0.4) is 0 Å². The van der Waals surface area contributed by atoms with E-state index in [0.717, 1.165) is 32.1 Å². The molecule has 0 aromatic heterocycles. The van der Waals surface area contributed by atoms with Crippen molar-refractivity contribution in [2.24, 2.45) is 51.2 Å². The molecule has 4 fully saturated rings. The van der Waals surface area contributed by atoms with Crippen molar-refractivity contribution in [3.63, 3.8) is 0 Å². The molecule has 4 aliphatic rings. The van der Waals surface area contributed by atoms with E-state index in [4.69, 9.17) is 0 Å². The first-order chi connectivity index (χ1) is 15.2. The zero-order valence-electron chi connectivity index (χ0n) is 22.6. The third-order valence-electron chi connectivity index (χ3n) is 12.4. The molecule has 0 amide bonds. The number of hydrogen-bond acceptors (Lipinski definition) is 3. The van der Waals surface area contributed by atoms with Crippen molar-refractivity contribution < 1.29 is 15.0 Å². The van der Waals surface area contributed by atoms with E-state index in [-0.39, 0.29) is 45.5 Å². The SMILES string of the molecule is C/C=C(/C)CC[C@@H](C)[C@@H]1CC[C@@]2(C)[C@H]3[C@H](O)C[C@@H]4C(C)(C)[C@@H](O)CC[C@]4(C)[C@@H]3C(=O)C[C@@]12C. The van der Waals surface area contributed by atoms with E-state index < -0.39 is 6.10 Å².